The zero-order valence-corrected chi connectivity index (χ0v) is 19.7. The van der Waals surface area contributed by atoms with E-state index in [0.717, 1.165) is 12.8 Å². The lowest BCUT2D eigenvalue weighted by Crippen LogP contribution is -2.33. The molecule has 1 aromatic rings. The molecule has 0 saturated carbocycles. The van der Waals surface area contributed by atoms with E-state index in [0.29, 0.717) is 5.56 Å². The lowest BCUT2D eigenvalue weighted by molar-refractivity contribution is 0.00779. The molecule has 0 aliphatic carbocycles. The van der Waals surface area contributed by atoms with Gasteiger partial charge in [0.1, 0.15) is 6.23 Å². The van der Waals surface area contributed by atoms with Gasteiger partial charge >= 0.3 is 37.0 Å². The van der Waals surface area contributed by atoms with Crippen molar-refractivity contribution in [1.82, 2.24) is 9.55 Å². The average molecular weight is 548 g/mol. The first-order valence-corrected chi connectivity index (χ1v) is 14.1. The van der Waals surface area contributed by atoms with Crippen molar-refractivity contribution in [3.8, 4) is 0 Å². The number of hydrogen-bond acceptors (Lipinski definition) is 10. The third kappa shape index (κ3) is 10.9. The molecule has 1 fully saturated rings. The molecule has 0 amide bonds. The van der Waals surface area contributed by atoms with E-state index in [-0.39, 0.29) is 17.9 Å². The third-order valence-corrected chi connectivity index (χ3v) is 8.29. The number of aromatic amines is 1. The largest absolute Gasteiger partial charge is 0.490 e. The minimum Gasteiger partial charge on any atom is -0.355 e. The number of nitrogens with zero attached hydrogens (tertiary/aromatic N) is 1. The summed E-state index contributed by atoms with van der Waals surface area (Å²) >= 11 is 0. The van der Waals surface area contributed by atoms with Crippen LogP contribution in [0.25, 0.3) is 0 Å². The van der Waals surface area contributed by atoms with Crippen LogP contribution in [0.2, 0.25) is 0 Å². The van der Waals surface area contributed by atoms with E-state index in [1.807, 2.05) is 6.92 Å². The lowest BCUT2D eigenvalue weighted by atomic mass is 10.2. The quantitative estimate of drug-likeness (QED) is 0.220. The molecule has 2 rings (SSSR count). The van der Waals surface area contributed by atoms with Gasteiger partial charge < -0.3 is 34.1 Å². The Morgan fingerprint density at radius 2 is 1.41 bits per heavy atom. The Hall–Kier alpha value is -0.800. The highest BCUT2D eigenvalue weighted by Crippen LogP contribution is 2.69. The first kappa shape index (κ1) is 29.2. The fourth-order valence-corrected chi connectivity index (χ4v) is 6.18. The molecule has 4 atom stereocenters. The molecule has 1 saturated heterocycles. The van der Waals surface area contributed by atoms with E-state index < -0.39 is 37.0 Å². The second kappa shape index (κ2) is 10.6. The molecule has 0 bridgehead atoms. The number of aromatic nitrogens is 2. The second-order valence-electron chi connectivity index (χ2n) is 6.12. The Kier molecular flexibility index (Phi) is 9.72. The Labute approximate surface area is 178 Å². The summed E-state index contributed by atoms with van der Waals surface area (Å²) in [7, 11) is -22.6. The highest BCUT2D eigenvalue weighted by atomic mass is 31.3. The Balaban J connectivity index is 0.000000321. The van der Waals surface area contributed by atoms with Gasteiger partial charge in [-0.05, 0) is 26.7 Å². The van der Waals surface area contributed by atoms with Gasteiger partial charge in [-0.1, -0.05) is 0 Å². The Morgan fingerprint density at radius 3 is 1.78 bits per heavy atom. The van der Waals surface area contributed by atoms with Crippen LogP contribution in [0, 0.1) is 6.92 Å². The molecule has 22 heteroatoms. The van der Waals surface area contributed by atoms with E-state index in [1.54, 1.807) is 13.1 Å². The minimum absolute atomic E-state index is 0.175. The van der Waals surface area contributed by atoms with Crippen LogP contribution in [0.3, 0.4) is 0 Å². The van der Waals surface area contributed by atoms with Crippen molar-refractivity contribution in [1.29, 1.82) is 0 Å². The van der Waals surface area contributed by atoms with Crippen molar-refractivity contribution in [2.45, 2.75) is 39.0 Å². The van der Waals surface area contributed by atoms with Crippen molar-refractivity contribution in [2.24, 2.45) is 0 Å². The number of H-pyrrole nitrogens is 1. The average Bonchev–Trinajstić information content (AvgIpc) is 2.91. The maximum absolute atomic E-state index is 11.5. The normalized spacial score (nSPS) is 23.0. The summed E-state index contributed by atoms with van der Waals surface area (Å²) in [5.41, 5.74) is -0.204. The molecule has 1 aliphatic rings. The summed E-state index contributed by atoms with van der Waals surface area (Å²) < 4.78 is 57.9. The van der Waals surface area contributed by atoms with Crippen LogP contribution in [-0.2, 0) is 35.9 Å². The highest BCUT2D eigenvalue weighted by molar-refractivity contribution is 7.69. The van der Waals surface area contributed by atoms with Gasteiger partial charge in [-0.25, -0.2) is 23.1 Å². The molecule has 0 aromatic carbocycles. The monoisotopic (exact) mass is 548 g/mol. The van der Waals surface area contributed by atoms with Crippen LogP contribution in [-0.4, -0.2) is 45.0 Å². The van der Waals surface area contributed by atoms with Crippen molar-refractivity contribution >= 4 is 31.3 Å². The highest BCUT2D eigenvalue weighted by Gasteiger charge is 2.43. The number of aryl methyl sites for hydroxylation is 1. The van der Waals surface area contributed by atoms with Gasteiger partial charge in [0.25, 0.3) is 5.56 Å². The molecule has 0 spiro atoms. The molecule has 0 radical (unpaired) electrons. The number of nitrogens with one attached hydrogen (secondary N) is 1. The van der Waals surface area contributed by atoms with E-state index in [2.05, 4.69) is 17.9 Å². The fourth-order valence-electron chi connectivity index (χ4n) is 2.22. The smallest absolute Gasteiger partial charge is 0.355 e. The molecule has 32 heavy (non-hydrogen) atoms. The van der Waals surface area contributed by atoms with E-state index in [1.165, 1.54) is 4.57 Å². The standard InChI is InChI=1S/C10H14N2O3.H6O13P4/c1-6-5-12(10(14)11-9(6)13)8-4-3-7(2)15-8;1-14(2,3)11-16(7,8)13-17(9,10)12-15(4,5)6/h5,7-8H,3-4H2,1-2H3,(H,11,13,14);(H,7,8)(H,9,10)(H2,1,2,3)(H2,4,5,6)/t7-,8-;/m1./s1. The summed E-state index contributed by atoms with van der Waals surface area (Å²) in [5.74, 6) is 0. The van der Waals surface area contributed by atoms with Crippen LogP contribution in [0.5, 0.6) is 0 Å². The molecule has 2 heterocycles. The van der Waals surface area contributed by atoms with Gasteiger partial charge in [0.2, 0.25) is 0 Å². The van der Waals surface area contributed by atoms with Gasteiger partial charge in [-0.2, -0.15) is 12.9 Å². The summed E-state index contributed by atoms with van der Waals surface area (Å²) in [6.45, 7) is 3.65. The summed E-state index contributed by atoms with van der Waals surface area (Å²) in [4.78, 5) is 74.4. The van der Waals surface area contributed by atoms with Crippen molar-refractivity contribution in [2.75, 3.05) is 0 Å². The minimum atomic E-state index is -5.77. The fraction of sp³-hybridized carbons (Fsp3) is 0.600. The number of hydrogen-bond donors (Lipinski definition) is 7. The van der Waals surface area contributed by atoms with Gasteiger partial charge in [0.15, 0.2) is 0 Å². The van der Waals surface area contributed by atoms with Crippen LogP contribution >= 0.6 is 31.3 Å². The topological polar surface area (TPSA) is 281 Å². The maximum Gasteiger partial charge on any atom is 0.490 e. The van der Waals surface area contributed by atoms with E-state index in [4.69, 9.17) is 34.1 Å². The van der Waals surface area contributed by atoms with E-state index in [9.17, 15) is 27.8 Å². The third-order valence-electron chi connectivity index (χ3n) is 3.29. The maximum atomic E-state index is 11.5. The van der Waals surface area contributed by atoms with Crippen molar-refractivity contribution in [3.63, 3.8) is 0 Å². The molecule has 186 valence electrons. The zero-order valence-electron chi connectivity index (χ0n) is 16.1. The molecule has 1 aliphatic heterocycles. The molecule has 7 N–H and O–H groups in total. The van der Waals surface area contributed by atoms with Crippen molar-refractivity contribution < 1.29 is 65.3 Å². The molecule has 18 nitrogen and oxygen atoms in total. The molecule has 1 aromatic heterocycles. The van der Waals surface area contributed by atoms with Gasteiger partial charge in [-0.3, -0.25) is 14.3 Å². The first-order chi connectivity index (χ1) is 14.2. The van der Waals surface area contributed by atoms with Crippen LogP contribution in [0.15, 0.2) is 15.8 Å². The first-order valence-electron chi connectivity index (χ1n) is 8.08. The Morgan fingerprint density at radius 1 is 0.938 bits per heavy atom. The summed E-state index contributed by atoms with van der Waals surface area (Å²) in [6, 6.07) is 0. The summed E-state index contributed by atoms with van der Waals surface area (Å²) in [5, 5.41) is 0. The van der Waals surface area contributed by atoms with Crippen LogP contribution in [0.4, 0.5) is 0 Å². The van der Waals surface area contributed by atoms with Gasteiger partial charge in [-0.15, -0.1) is 0 Å². The second-order valence-corrected chi connectivity index (χ2v) is 11.9. The summed E-state index contributed by atoms with van der Waals surface area (Å²) in [6.07, 6.45) is 3.25. The zero-order chi connectivity index (χ0) is 25.1. The van der Waals surface area contributed by atoms with Crippen LogP contribution < -0.4 is 11.2 Å². The van der Waals surface area contributed by atoms with Crippen molar-refractivity contribution in [3.05, 3.63) is 32.6 Å². The van der Waals surface area contributed by atoms with Gasteiger partial charge in [0, 0.05) is 11.8 Å². The number of ether oxygens (including phenoxy) is 1. The Bertz CT molecular complexity index is 1070. The SMILES string of the molecule is Cc1cn([C@H]2CC[C@@H](C)O2)c(=O)[nH]c1=O.O=P(O)(O)OP(=O)(O)OP(=O)(O)OP(=O)(O)O. The number of phosphoric acid groups is 4. The molecule has 2 unspecified atom stereocenters. The van der Waals surface area contributed by atoms with Gasteiger partial charge in [0.05, 0.1) is 6.10 Å². The lowest BCUT2D eigenvalue weighted by Gasteiger charge is -2.15. The molecular weight excluding hydrogens is 528 g/mol. The molecular formula is C10H20N2O16P4. The predicted octanol–water partition coefficient (Wildman–Crippen LogP) is -0.0351. The number of rotatable bonds is 7. The van der Waals surface area contributed by atoms with E-state index >= 15 is 0 Å². The predicted molar refractivity (Wildman–Crippen MR) is 102 cm³/mol. The van der Waals surface area contributed by atoms with Crippen LogP contribution in [0.1, 0.15) is 31.6 Å².